The Morgan fingerprint density at radius 1 is 1.20 bits per heavy atom. The second-order valence-electron chi connectivity index (χ2n) is 8.10. The van der Waals surface area contributed by atoms with Crippen LogP contribution in [0.3, 0.4) is 0 Å². The molecule has 0 bridgehead atoms. The molecule has 0 aromatic heterocycles. The first-order valence-electron chi connectivity index (χ1n) is 8.43. The van der Waals surface area contributed by atoms with Crippen LogP contribution >= 0.6 is 0 Å². The van der Waals surface area contributed by atoms with Gasteiger partial charge < -0.3 is 4.90 Å². The largest absolute Gasteiger partial charge is 0.337 e. The van der Waals surface area contributed by atoms with E-state index < -0.39 is 0 Å². The van der Waals surface area contributed by atoms with E-state index in [1.807, 2.05) is 0 Å². The molecule has 0 spiro atoms. The molecule has 3 aliphatic carbocycles. The van der Waals surface area contributed by atoms with Gasteiger partial charge in [-0.25, -0.2) is 0 Å². The highest BCUT2D eigenvalue weighted by molar-refractivity contribution is 5.81. The van der Waals surface area contributed by atoms with Crippen LogP contribution < -0.4 is 0 Å². The number of hydrogen-bond acceptors (Lipinski definition) is 1. The van der Waals surface area contributed by atoms with E-state index in [2.05, 4.69) is 37.8 Å². The van der Waals surface area contributed by atoms with Gasteiger partial charge in [-0.05, 0) is 77.0 Å². The van der Waals surface area contributed by atoms with Crippen LogP contribution in [0.2, 0.25) is 0 Å². The summed E-state index contributed by atoms with van der Waals surface area (Å²) in [6.45, 7) is 7.57. The van der Waals surface area contributed by atoms with Crippen LogP contribution in [0, 0.1) is 23.7 Å². The van der Waals surface area contributed by atoms with Crippen molar-refractivity contribution in [3.63, 3.8) is 0 Å². The first-order chi connectivity index (χ1) is 9.47. The van der Waals surface area contributed by atoms with E-state index >= 15 is 0 Å². The Morgan fingerprint density at radius 3 is 2.50 bits per heavy atom. The van der Waals surface area contributed by atoms with Crippen LogP contribution in [0.25, 0.3) is 0 Å². The zero-order chi connectivity index (χ0) is 14.3. The van der Waals surface area contributed by atoms with Crippen LogP contribution in [0.15, 0.2) is 12.2 Å². The SMILES string of the molecule is CC(C)(C)N(C[C@H]1CC1C1CC=CCC1)C(=O)C1CC1. The summed E-state index contributed by atoms with van der Waals surface area (Å²) < 4.78 is 0. The van der Waals surface area contributed by atoms with Crippen molar-refractivity contribution in [2.24, 2.45) is 23.7 Å². The molecule has 0 aliphatic heterocycles. The second-order valence-corrected chi connectivity index (χ2v) is 8.10. The number of amides is 1. The summed E-state index contributed by atoms with van der Waals surface area (Å²) in [7, 11) is 0. The third kappa shape index (κ3) is 3.10. The Bertz CT molecular complexity index is 402. The molecule has 0 heterocycles. The van der Waals surface area contributed by atoms with Gasteiger partial charge in [0, 0.05) is 18.0 Å². The fourth-order valence-corrected chi connectivity index (χ4v) is 3.74. The van der Waals surface area contributed by atoms with E-state index in [-0.39, 0.29) is 5.54 Å². The van der Waals surface area contributed by atoms with Crippen molar-refractivity contribution in [3.8, 4) is 0 Å². The van der Waals surface area contributed by atoms with Gasteiger partial charge in [0.25, 0.3) is 0 Å². The molecule has 2 heteroatoms. The quantitative estimate of drug-likeness (QED) is 0.710. The first-order valence-corrected chi connectivity index (χ1v) is 8.43. The number of hydrogen-bond donors (Lipinski definition) is 0. The van der Waals surface area contributed by atoms with Gasteiger partial charge in [0.05, 0.1) is 0 Å². The molecule has 2 fully saturated rings. The molecule has 3 aliphatic rings. The maximum atomic E-state index is 12.5. The van der Waals surface area contributed by atoms with E-state index in [4.69, 9.17) is 0 Å². The molecule has 0 N–H and O–H groups in total. The van der Waals surface area contributed by atoms with E-state index in [1.54, 1.807) is 0 Å². The zero-order valence-electron chi connectivity index (χ0n) is 13.3. The van der Waals surface area contributed by atoms with Gasteiger partial charge in [0.2, 0.25) is 5.91 Å². The fourth-order valence-electron chi connectivity index (χ4n) is 3.74. The van der Waals surface area contributed by atoms with Crippen molar-refractivity contribution in [2.45, 2.75) is 64.8 Å². The van der Waals surface area contributed by atoms with Crippen LogP contribution in [0.4, 0.5) is 0 Å². The first kappa shape index (κ1) is 14.2. The van der Waals surface area contributed by atoms with Crippen LogP contribution in [-0.2, 0) is 4.79 Å². The lowest BCUT2D eigenvalue weighted by Gasteiger charge is -2.36. The molecular weight excluding hydrogens is 246 g/mol. The van der Waals surface area contributed by atoms with Crippen LogP contribution in [-0.4, -0.2) is 22.9 Å². The molecule has 3 atom stereocenters. The number of rotatable bonds is 4. The monoisotopic (exact) mass is 275 g/mol. The van der Waals surface area contributed by atoms with Gasteiger partial charge in [-0.3, -0.25) is 4.79 Å². The highest BCUT2D eigenvalue weighted by Gasteiger charge is 2.46. The van der Waals surface area contributed by atoms with Crippen molar-refractivity contribution >= 4 is 5.91 Å². The molecule has 2 nitrogen and oxygen atoms in total. The van der Waals surface area contributed by atoms with E-state index in [9.17, 15) is 4.79 Å². The van der Waals surface area contributed by atoms with Gasteiger partial charge in [-0.2, -0.15) is 0 Å². The summed E-state index contributed by atoms with van der Waals surface area (Å²) in [5.41, 5.74) is -0.0146. The summed E-state index contributed by atoms with van der Waals surface area (Å²) >= 11 is 0. The molecule has 0 aromatic carbocycles. The highest BCUT2D eigenvalue weighted by Crippen LogP contribution is 2.49. The molecule has 0 aromatic rings. The smallest absolute Gasteiger partial charge is 0.226 e. The standard InChI is InChI=1S/C18H29NO/c1-18(2,3)19(17(20)14-9-10-14)12-15-11-16(15)13-7-5-4-6-8-13/h4-5,13-16H,6-12H2,1-3H3/t13?,15-,16?/m1/s1. The fraction of sp³-hybridized carbons (Fsp3) is 0.833. The maximum absolute atomic E-state index is 12.5. The molecular formula is C18H29NO. The van der Waals surface area contributed by atoms with Crippen molar-refractivity contribution in [1.82, 2.24) is 4.90 Å². The molecule has 3 rings (SSSR count). The number of allylic oxidation sites excluding steroid dienone is 2. The lowest BCUT2D eigenvalue weighted by molar-refractivity contribution is -0.137. The third-order valence-corrected chi connectivity index (χ3v) is 5.31. The lowest BCUT2D eigenvalue weighted by atomic mass is 9.89. The Labute approximate surface area is 123 Å². The lowest BCUT2D eigenvalue weighted by Crippen LogP contribution is -2.47. The topological polar surface area (TPSA) is 20.3 Å². The summed E-state index contributed by atoms with van der Waals surface area (Å²) in [5.74, 6) is 3.32. The minimum absolute atomic E-state index is 0.0146. The van der Waals surface area contributed by atoms with E-state index in [1.165, 1.54) is 25.7 Å². The average molecular weight is 275 g/mol. The third-order valence-electron chi connectivity index (χ3n) is 5.31. The van der Waals surface area contributed by atoms with Crippen LogP contribution in [0.1, 0.15) is 59.3 Å². The van der Waals surface area contributed by atoms with Gasteiger partial charge >= 0.3 is 0 Å². The molecule has 2 unspecified atom stereocenters. The van der Waals surface area contributed by atoms with Crippen molar-refractivity contribution in [1.29, 1.82) is 0 Å². The van der Waals surface area contributed by atoms with Gasteiger partial charge in [0.1, 0.15) is 0 Å². The zero-order valence-corrected chi connectivity index (χ0v) is 13.3. The Morgan fingerprint density at radius 2 is 1.95 bits per heavy atom. The maximum Gasteiger partial charge on any atom is 0.226 e. The minimum Gasteiger partial charge on any atom is -0.337 e. The Kier molecular flexibility index (Phi) is 3.68. The molecule has 112 valence electrons. The highest BCUT2D eigenvalue weighted by atomic mass is 16.2. The summed E-state index contributed by atoms with van der Waals surface area (Å²) in [6.07, 6.45) is 12.2. The number of carbonyl (C=O) groups excluding carboxylic acids is 1. The van der Waals surface area contributed by atoms with Gasteiger partial charge in [0.15, 0.2) is 0 Å². The Balaban J connectivity index is 1.57. The van der Waals surface area contributed by atoms with Crippen molar-refractivity contribution in [3.05, 3.63) is 12.2 Å². The molecule has 2 saturated carbocycles. The van der Waals surface area contributed by atoms with Gasteiger partial charge in [-0.1, -0.05) is 12.2 Å². The van der Waals surface area contributed by atoms with E-state index in [0.29, 0.717) is 11.8 Å². The van der Waals surface area contributed by atoms with Crippen LogP contribution in [0.5, 0.6) is 0 Å². The number of carbonyl (C=O) groups is 1. The predicted octanol–water partition coefficient (Wildman–Crippen LogP) is 4.02. The summed E-state index contributed by atoms with van der Waals surface area (Å²) in [4.78, 5) is 14.7. The molecule has 20 heavy (non-hydrogen) atoms. The van der Waals surface area contributed by atoms with Crippen molar-refractivity contribution < 1.29 is 4.79 Å². The number of nitrogens with zero attached hydrogens (tertiary/aromatic N) is 1. The summed E-state index contributed by atoms with van der Waals surface area (Å²) in [5, 5.41) is 0. The predicted molar refractivity (Wildman–Crippen MR) is 82.3 cm³/mol. The normalized spacial score (nSPS) is 33.0. The second kappa shape index (κ2) is 5.20. The van der Waals surface area contributed by atoms with E-state index in [0.717, 1.165) is 37.1 Å². The van der Waals surface area contributed by atoms with Gasteiger partial charge in [-0.15, -0.1) is 0 Å². The molecule has 0 saturated heterocycles. The van der Waals surface area contributed by atoms with Crippen molar-refractivity contribution in [2.75, 3.05) is 6.54 Å². The molecule has 0 radical (unpaired) electrons. The summed E-state index contributed by atoms with van der Waals surface area (Å²) in [6, 6.07) is 0. The molecule has 1 amide bonds. The average Bonchev–Trinajstić information content (AvgIpc) is 3.27. The Hall–Kier alpha value is -0.790. The minimum atomic E-state index is -0.0146.